The van der Waals surface area contributed by atoms with E-state index in [1.54, 1.807) is 13.0 Å². The minimum absolute atomic E-state index is 0.176. The van der Waals surface area contributed by atoms with Crippen LogP contribution >= 0.6 is 11.8 Å². The predicted octanol–water partition coefficient (Wildman–Crippen LogP) is 2.37. The first kappa shape index (κ1) is 13.2. The Kier molecular flexibility index (Phi) is 4.49. The monoisotopic (exact) mass is 266 g/mol. The number of nitrogens with one attached hydrogen (secondary N) is 2. The topological polar surface area (TPSA) is 61.4 Å². The van der Waals surface area contributed by atoms with Gasteiger partial charge < -0.3 is 15.7 Å². The van der Waals surface area contributed by atoms with Gasteiger partial charge in [0.05, 0.1) is 6.10 Å². The molecule has 98 valence electrons. The van der Waals surface area contributed by atoms with Gasteiger partial charge in [-0.1, -0.05) is 12.1 Å². The van der Waals surface area contributed by atoms with E-state index in [1.165, 1.54) is 0 Å². The normalized spacial score (nSPS) is 20.4. The highest BCUT2D eigenvalue weighted by Gasteiger charge is 2.17. The fourth-order valence-corrected chi connectivity index (χ4v) is 3.03. The minimum Gasteiger partial charge on any atom is -0.389 e. The first-order chi connectivity index (χ1) is 8.65. The van der Waals surface area contributed by atoms with Crippen molar-refractivity contribution >= 4 is 23.5 Å². The molecule has 1 aliphatic rings. The predicted molar refractivity (Wildman–Crippen MR) is 75.0 cm³/mol. The van der Waals surface area contributed by atoms with Crippen molar-refractivity contribution in [3.8, 4) is 0 Å². The Labute approximate surface area is 111 Å². The van der Waals surface area contributed by atoms with E-state index in [0.717, 1.165) is 23.5 Å². The molecule has 0 bridgehead atoms. The van der Waals surface area contributed by atoms with Gasteiger partial charge in [0.15, 0.2) is 0 Å². The van der Waals surface area contributed by atoms with E-state index in [4.69, 9.17) is 0 Å². The molecule has 1 heterocycles. The maximum atomic E-state index is 11.8. The number of urea groups is 1. The van der Waals surface area contributed by atoms with Crippen LogP contribution < -0.4 is 10.6 Å². The van der Waals surface area contributed by atoms with Gasteiger partial charge in [-0.15, -0.1) is 0 Å². The van der Waals surface area contributed by atoms with Crippen LogP contribution in [0.3, 0.4) is 0 Å². The highest BCUT2D eigenvalue weighted by atomic mass is 32.2. The molecule has 1 aromatic carbocycles. The number of amides is 2. The molecule has 1 fully saturated rings. The van der Waals surface area contributed by atoms with E-state index in [-0.39, 0.29) is 12.1 Å². The van der Waals surface area contributed by atoms with Crippen LogP contribution in [0.2, 0.25) is 0 Å². The zero-order chi connectivity index (χ0) is 13.0. The Hall–Kier alpha value is -1.20. The van der Waals surface area contributed by atoms with Gasteiger partial charge in [0.2, 0.25) is 0 Å². The molecule has 1 saturated heterocycles. The van der Waals surface area contributed by atoms with E-state index >= 15 is 0 Å². The third kappa shape index (κ3) is 3.65. The quantitative estimate of drug-likeness (QED) is 0.787. The van der Waals surface area contributed by atoms with Crippen LogP contribution in [0.1, 0.15) is 25.0 Å². The van der Waals surface area contributed by atoms with Gasteiger partial charge in [-0.05, 0) is 36.8 Å². The lowest BCUT2D eigenvalue weighted by Crippen LogP contribution is -2.37. The average molecular weight is 266 g/mol. The van der Waals surface area contributed by atoms with E-state index in [2.05, 4.69) is 10.6 Å². The van der Waals surface area contributed by atoms with Crippen LogP contribution in [0.25, 0.3) is 0 Å². The van der Waals surface area contributed by atoms with Crippen LogP contribution in [-0.2, 0) is 0 Å². The fraction of sp³-hybridized carbons (Fsp3) is 0.462. The first-order valence-corrected chi connectivity index (χ1v) is 7.24. The first-order valence-electron chi connectivity index (χ1n) is 6.08. The van der Waals surface area contributed by atoms with Crippen molar-refractivity contribution in [3.63, 3.8) is 0 Å². The van der Waals surface area contributed by atoms with Crippen LogP contribution in [0, 0.1) is 0 Å². The molecule has 3 N–H and O–H groups in total. The summed E-state index contributed by atoms with van der Waals surface area (Å²) in [4.78, 5) is 11.8. The van der Waals surface area contributed by atoms with E-state index in [9.17, 15) is 9.90 Å². The molecule has 4 nitrogen and oxygen atoms in total. The molecule has 1 aliphatic heterocycles. The molecular formula is C13H18N2O2S. The molecule has 0 aromatic heterocycles. The summed E-state index contributed by atoms with van der Waals surface area (Å²) in [5, 5.41) is 15.2. The Bertz CT molecular complexity index is 417. The molecule has 2 rings (SSSR count). The molecular weight excluding hydrogens is 248 g/mol. The number of hydrogen-bond acceptors (Lipinski definition) is 3. The number of carbonyl (C=O) groups is 1. The number of aliphatic hydroxyl groups is 1. The molecule has 2 atom stereocenters. The van der Waals surface area contributed by atoms with Crippen LogP contribution in [0.15, 0.2) is 24.3 Å². The molecule has 0 radical (unpaired) electrons. The largest absolute Gasteiger partial charge is 0.389 e. The lowest BCUT2D eigenvalue weighted by molar-refractivity contribution is 0.199. The Balaban J connectivity index is 1.91. The van der Waals surface area contributed by atoms with Crippen molar-refractivity contribution in [2.45, 2.75) is 25.5 Å². The molecule has 2 unspecified atom stereocenters. The molecule has 0 aliphatic carbocycles. The fourth-order valence-electron chi connectivity index (χ4n) is 1.88. The maximum absolute atomic E-state index is 11.8. The summed E-state index contributed by atoms with van der Waals surface area (Å²) < 4.78 is 0. The standard InChI is InChI=1S/C13H18N2O2S/c1-9(16)10-3-2-4-11(7-10)14-13(17)15-12-5-6-18-8-12/h2-4,7,9,12,16H,5-6,8H2,1H3,(H2,14,15,17). The Morgan fingerprint density at radius 2 is 2.39 bits per heavy atom. The number of thioether (sulfide) groups is 1. The number of anilines is 1. The lowest BCUT2D eigenvalue weighted by Gasteiger charge is -2.13. The molecule has 2 amide bonds. The van der Waals surface area contributed by atoms with Crippen molar-refractivity contribution < 1.29 is 9.90 Å². The summed E-state index contributed by atoms with van der Waals surface area (Å²) in [6.45, 7) is 1.70. The van der Waals surface area contributed by atoms with E-state index < -0.39 is 6.10 Å². The summed E-state index contributed by atoms with van der Waals surface area (Å²) in [5.74, 6) is 2.10. The summed E-state index contributed by atoms with van der Waals surface area (Å²) in [6, 6.07) is 7.35. The maximum Gasteiger partial charge on any atom is 0.319 e. The average Bonchev–Trinajstić information content (AvgIpc) is 2.82. The zero-order valence-corrected chi connectivity index (χ0v) is 11.2. The molecule has 5 heteroatoms. The van der Waals surface area contributed by atoms with Gasteiger partial charge in [0.1, 0.15) is 0 Å². The highest BCUT2D eigenvalue weighted by Crippen LogP contribution is 2.18. The molecule has 18 heavy (non-hydrogen) atoms. The SMILES string of the molecule is CC(O)c1cccc(NC(=O)NC2CCSC2)c1. The van der Waals surface area contributed by atoms with Crippen molar-refractivity contribution in [3.05, 3.63) is 29.8 Å². The van der Waals surface area contributed by atoms with Gasteiger partial charge in [-0.3, -0.25) is 0 Å². The van der Waals surface area contributed by atoms with Crippen LogP contribution in [-0.4, -0.2) is 28.7 Å². The summed E-state index contributed by atoms with van der Waals surface area (Å²) in [6.07, 6.45) is 0.507. The molecule has 0 saturated carbocycles. The Morgan fingerprint density at radius 1 is 1.56 bits per heavy atom. The third-order valence-corrected chi connectivity index (χ3v) is 4.05. The summed E-state index contributed by atoms with van der Waals surface area (Å²) >= 11 is 1.86. The number of carbonyl (C=O) groups excluding carboxylic acids is 1. The van der Waals surface area contributed by atoms with Crippen molar-refractivity contribution in [2.24, 2.45) is 0 Å². The van der Waals surface area contributed by atoms with Crippen LogP contribution in [0.4, 0.5) is 10.5 Å². The van der Waals surface area contributed by atoms with E-state index in [1.807, 2.05) is 30.0 Å². The number of aliphatic hydroxyl groups excluding tert-OH is 1. The summed E-state index contributed by atoms with van der Waals surface area (Å²) in [5.41, 5.74) is 1.50. The number of benzene rings is 1. The second-order valence-electron chi connectivity index (χ2n) is 4.46. The smallest absolute Gasteiger partial charge is 0.319 e. The Morgan fingerprint density at radius 3 is 3.06 bits per heavy atom. The van der Waals surface area contributed by atoms with Crippen molar-refractivity contribution in [2.75, 3.05) is 16.8 Å². The third-order valence-electron chi connectivity index (χ3n) is 2.89. The zero-order valence-electron chi connectivity index (χ0n) is 10.3. The number of rotatable bonds is 3. The van der Waals surface area contributed by atoms with E-state index in [0.29, 0.717) is 5.69 Å². The molecule has 1 aromatic rings. The summed E-state index contributed by atoms with van der Waals surface area (Å²) in [7, 11) is 0. The van der Waals surface area contributed by atoms with Gasteiger partial charge in [-0.2, -0.15) is 11.8 Å². The van der Waals surface area contributed by atoms with Gasteiger partial charge in [0.25, 0.3) is 0 Å². The van der Waals surface area contributed by atoms with Gasteiger partial charge in [-0.25, -0.2) is 4.79 Å². The van der Waals surface area contributed by atoms with Crippen molar-refractivity contribution in [1.82, 2.24) is 5.32 Å². The number of hydrogen-bond donors (Lipinski definition) is 3. The van der Waals surface area contributed by atoms with Gasteiger partial charge >= 0.3 is 6.03 Å². The second-order valence-corrected chi connectivity index (χ2v) is 5.61. The highest BCUT2D eigenvalue weighted by molar-refractivity contribution is 7.99. The second kappa shape index (κ2) is 6.11. The minimum atomic E-state index is -0.527. The van der Waals surface area contributed by atoms with Gasteiger partial charge in [0, 0.05) is 17.5 Å². The van der Waals surface area contributed by atoms with Crippen LogP contribution in [0.5, 0.6) is 0 Å². The molecule has 0 spiro atoms. The van der Waals surface area contributed by atoms with Crippen molar-refractivity contribution in [1.29, 1.82) is 0 Å². The lowest BCUT2D eigenvalue weighted by atomic mass is 10.1.